The van der Waals surface area contributed by atoms with E-state index in [4.69, 9.17) is 10.00 Å². The Hall–Kier alpha value is -2.78. The largest absolute Gasteiger partial charge is 0.452 e. The number of esters is 1. The molecule has 0 saturated heterocycles. The van der Waals surface area contributed by atoms with Crippen LogP contribution in [0.25, 0.3) is 0 Å². The van der Waals surface area contributed by atoms with E-state index in [2.05, 4.69) is 5.32 Å². The molecule has 24 heavy (non-hydrogen) atoms. The number of nitrogens with zero attached hydrogens (tertiary/aromatic N) is 1. The van der Waals surface area contributed by atoms with Gasteiger partial charge in [-0.05, 0) is 31.2 Å². The smallest absolute Gasteiger partial charge is 0.317 e. The molecule has 0 bridgehead atoms. The standard InChI is InChI=1S/C18H16N2O3S/c1-13(18(22)20-16-10-6-5-7-14(16)11-19)23-17(21)12-24-15-8-3-2-4-9-15/h2-10,13H,12H2,1H3,(H,20,22)/t13-/m0/s1. The maximum Gasteiger partial charge on any atom is 0.317 e. The van der Waals surface area contributed by atoms with Crippen molar-refractivity contribution in [3.63, 3.8) is 0 Å². The molecule has 0 heterocycles. The molecule has 2 aromatic carbocycles. The van der Waals surface area contributed by atoms with Crippen molar-refractivity contribution in [2.45, 2.75) is 17.9 Å². The van der Waals surface area contributed by atoms with Crippen molar-refractivity contribution < 1.29 is 14.3 Å². The zero-order valence-electron chi connectivity index (χ0n) is 13.1. The summed E-state index contributed by atoms with van der Waals surface area (Å²) in [6, 6.07) is 18.1. The lowest BCUT2D eigenvalue weighted by Gasteiger charge is -2.14. The van der Waals surface area contributed by atoms with Crippen molar-refractivity contribution in [2.24, 2.45) is 0 Å². The molecule has 6 heteroatoms. The lowest BCUT2D eigenvalue weighted by molar-refractivity contribution is -0.150. The second-order valence-corrected chi connectivity index (χ2v) is 5.93. The highest BCUT2D eigenvalue weighted by Gasteiger charge is 2.19. The van der Waals surface area contributed by atoms with E-state index in [9.17, 15) is 9.59 Å². The number of ether oxygens (including phenoxy) is 1. The molecule has 0 radical (unpaired) electrons. The molecular formula is C18H16N2O3S. The van der Waals surface area contributed by atoms with Crippen LogP contribution < -0.4 is 5.32 Å². The summed E-state index contributed by atoms with van der Waals surface area (Å²) in [5.41, 5.74) is 0.746. The Morgan fingerprint density at radius 2 is 1.83 bits per heavy atom. The minimum atomic E-state index is -0.944. The number of para-hydroxylation sites is 1. The van der Waals surface area contributed by atoms with Gasteiger partial charge in [-0.3, -0.25) is 9.59 Å². The van der Waals surface area contributed by atoms with Crippen LogP contribution in [0, 0.1) is 11.3 Å². The Labute approximate surface area is 144 Å². The summed E-state index contributed by atoms with van der Waals surface area (Å²) in [6.45, 7) is 1.50. The molecule has 0 spiro atoms. The SMILES string of the molecule is C[C@H](OC(=O)CSc1ccccc1)C(=O)Nc1ccccc1C#N. The van der Waals surface area contributed by atoms with Crippen LogP contribution in [0.1, 0.15) is 12.5 Å². The van der Waals surface area contributed by atoms with Crippen LogP contribution in [0.5, 0.6) is 0 Å². The minimum absolute atomic E-state index is 0.121. The monoisotopic (exact) mass is 340 g/mol. The topological polar surface area (TPSA) is 79.2 Å². The third-order valence-corrected chi connectivity index (χ3v) is 4.07. The molecule has 2 rings (SSSR count). The first-order valence-electron chi connectivity index (χ1n) is 7.27. The van der Waals surface area contributed by atoms with E-state index in [1.807, 2.05) is 36.4 Å². The van der Waals surface area contributed by atoms with Crippen LogP contribution in [-0.4, -0.2) is 23.7 Å². The average Bonchev–Trinajstić information content (AvgIpc) is 2.61. The van der Waals surface area contributed by atoms with Crippen molar-refractivity contribution in [1.82, 2.24) is 0 Å². The number of nitrogens with one attached hydrogen (secondary N) is 1. The molecule has 1 amide bonds. The minimum Gasteiger partial charge on any atom is -0.452 e. The summed E-state index contributed by atoms with van der Waals surface area (Å²) in [6.07, 6.45) is -0.944. The summed E-state index contributed by atoms with van der Waals surface area (Å²) in [4.78, 5) is 24.9. The number of rotatable bonds is 6. The van der Waals surface area contributed by atoms with Crippen LogP contribution in [-0.2, 0) is 14.3 Å². The Morgan fingerprint density at radius 3 is 2.54 bits per heavy atom. The van der Waals surface area contributed by atoms with Gasteiger partial charge < -0.3 is 10.1 Å². The number of carbonyl (C=O) groups excluding carboxylic acids is 2. The normalized spacial score (nSPS) is 11.2. The highest BCUT2D eigenvalue weighted by atomic mass is 32.2. The number of anilines is 1. The van der Waals surface area contributed by atoms with Crippen molar-refractivity contribution in [3.05, 3.63) is 60.2 Å². The van der Waals surface area contributed by atoms with Crippen LogP contribution in [0.3, 0.4) is 0 Å². The Kier molecular flexibility index (Phi) is 6.41. The molecule has 5 nitrogen and oxygen atoms in total. The number of thioether (sulfide) groups is 1. The van der Waals surface area contributed by atoms with E-state index < -0.39 is 18.0 Å². The molecule has 0 aliphatic carbocycles. The molecule has 0 aromatic heterocycles. The van der Waals surface area contributed by atoms with Crippen LogP contribution >= 0.6 is 11.8 Å². The van der Waals surface area contributed by atoms with E-state index in [0.717, 1.165) is 4.90 Å². The predicted molar refractivity (Wildman–Crippen MR) is 92.5 cm³/mol. The maximum absolute atomic E-state index is 12.1. The van der Waals surface area contributed by atoms with Crippen LogP contribution in [0.15, 0.2) is 59.5 Å². The van der Waals surface area contributed by atoms with Crippen LogP contribution in [0.4, 0.5) is 5.69 Å². The van der Waals surface area contributed by atoms with Gasteiger partial charge in [0.2, 0.25) is 0 Å². The molecule has 0 saturated carbocycles. The summed E-state index contributed by atoms with van der Waals surface area (Å²) in [7, 11) is 0. The van der Waals surface area contributed by atoms with Crippen molar-refractivity contribution in [1.29, 1.82) is 5.26 Å². The fourth-order valence-corrected chi connectivity index (χ4v) is 2.57. The molecule has 0 aliphatic rings. The van der Waals surface area contributed by atoms with Gasteiger partial charge in [-0.15, -0.1) is 11.8 Å². The Balaban J connectivity index is 1.85. The maximum atomic E-state index is 12.1. The van der Waals surface area contributed by atoms with Gasteiger partial charge in [0.25, 0.3) is 5.91 Å². The molecule has 0 unspecified atom stereocenters. The van der Waals surface area contributed by atoms with Gasteiger partial charge >= 0.3 is 5.97 Å². The average molecular weight is 340 g/mol. The second kappa shape index (κ2) is 8.75. The molecule has 1 atom stereocenters. The van der Waals surface area contributed by atoms with Crippen molar-refractivity contribution in [2.75, 3.05) is 11.1 Å². The number of benzene rings is 2. The summed E-state index contributed by atoms with van der Waals surface area (Å²) in [5, 5.41) is 11.6. The number of hydrogen-bond donors (Lipinski definition) is 1. The van der Waals surface area contributed by atoms with Gasteiger partial charge in [-0.25, -0.2) is 0 Å². The summed E-state index contributed by atoms with van der Waals surface area (Å²) in [5.74, 6) is -0.827. The molecule has 0 aliphatic heterocycles. The number of nitriles is 1. The molecular weight excluding hydrogens is 324 g/mol. The molecule has 2 aromatic rings. The highest BCUT2D eigenvalue weighted by Crippen LogP contribution is 2.18. The van der Waals surface area contributed by atoms with Gasteiger partial charge in [-0.1, -0.05) is 30.3 Å². The number of carbonyl (C=O) groups is 2. The first-order valence-corrected chi connectivity index (χ1v) is 8.26. The Morgan fingerprint density at radius 1 is 1.17 bits per heavy atom. The van der Waals surface area contributed by atoms with Crippen molar-refractivity contribution in [3.8, 4) is 6.07 Å². The highest BCUT2D eigenvalue weighted by molar-refractivity contribution is 8.00. The third kappa shape index (κ3) is 5.14. The quantitative estimate of drug-likeness (QED) is 0.645. The van der Waals surface area contributed by atoms with Gasteiger partial charge in [0.15, 0.2) is 6.10 Å². The van der Waals surface area contributed by atoms with Crippen molar-refractivity contribution >= 4 is 29.3 Å². The number of amides is 1. The van der Waals surface area contributed by atoms with Crippen LogP contribution in [0.2, 0.25) is 0 Å². The third-order valence-electron chi connectivity index (χ3n) is 3.08. The summed E-state index contributed by atoms with van der Waals surface area (Å²) >= 11 is 1.34. The van der Waals surface area contributed by atoms with Gasteiger partial charge in [-0.2, -0.15) is 5.26 Å². The van der Waals surface area contributed by atoms with Gasteiger partial charge in [0, 0.05) is 4.90 Å². The first-order chi connectivity index (χ1) is 11.6. The van der Waals surface area contributed by atoms with E-state index in [0.29, 0.717) is 11.3 Å². The predicted octanol–water partition coefficient (Wildman–Crippen LogP) is 3.22. The lowest BCUT2D eigenvalue weighted by atomic mass is 10.2. The van der Waals surface area contributed by atoms with Gasteiger partial charge in [0.1, 0.15) is 6.07 Å². The van der Waals surface area contributed by atoms with E-state index >= 15 is 0 Å². The molecule has 1 N–H and O–H groups in total. The van der Waals surface area contributed by atoms with E-state index in [-0.39, 0.29) is 5.75 Å². The number of hydrogen-bond acceptors (Lipinski definition) is 5. The zero-order valence-corrected chi connectivity index (χ0v) is 13.9. The molecule has 122 valence electrons. The van der Waals surface area contributed by atoms with E-state index in [1.54, 1.807) is 24.3 Å². The summed E-state index contributed by atoms with van der Waals surface area (Å²) < 4.78 is 5.12. The first kappa shape index (κ1) is 17.6. The molecule has 0 fully saturated rings. The second-order valence-electron chi connectivity index (χ2n) is 4.88. The zero-order chi connectivity index (χ0) is 17.4. The fraction of sp³-hybridized carbons (Fsp3) is 0.167. The van der Waals surface area contributed by atoms with Gasteiger partial charge in [0.05, 0.1) is 17.0 Å². The Bertz CT molecular complexity index is 756. The van der Waals surface area contributed by atoms with E-state index in [1.165, 1.54) is 18.7 Å². The lowest BCUT2D eigenvalue weighted by Crippen LogP contribution is -2.30. The fourth-order valence-electron chi connectivity index (χ4n) is 1.87.